The topological polar surface area (TPSA) is 20.3 Å². The Kier molecular flexibility index (Phi) is 8.24. The summed E-state index contributed by atoms with van der Waals surface area (Å²) < 4.78 is 0. The number of halogens is 1. The molecule has 0 aliphatic carbocycles. The van der Waals surface area contributed by atoms with Crippen LogP contribution in [0.5, 0.6) is 0 Å². The van der Waals surface area contributed by atoms with Crippen LogP contribution in [0.2, 0.25) is 0 Å². The van der Waals surface area contributed by atoms with E-state index >= 15 is 0 Å². The first-order valence-corrected chi connectivity index (χ1v) is 6.61. The minimum absolute atomic E-state index is 0.299. The van der Waals surface area contributed by atoms with Crippen molar-refractivity contribution in [3.8, 4) is 0 Å². The van der Waals surface area contributed by atoms with Crippen molar-refractivity contribution >= 4 is 21.8 Å². The summed E-state index contributed by atoms with van der Waals surface area (Å²) in [5, 5.41) is 0.866. The summed E-state index contributed by atoms with van der Waals surface area (Å²) in [5.41, 5.74) is 0. The lowest BCUT2D eigenvalue weighted by Crippen LogP contribution is -2.38. The van der Waals surface area contributed by atoms with Gasteiger partial charge >= 0.3 is 0 Å². The Hall–Kier alpha value is -0.0500. The average molecular weight is 264 g/mol. The Labute approximate surface area is 96.2 Å². The normalized spacial score (nSPS) is 10.6. The van der Waals surface area contributed by atoms with Crippen molar-refractivity contribution in [2.75, 3.05) is 11.9 Å². The second-order valence-electron chi connectivity index (χ2n) is 3.83. The van der Waals surface area contributed by atoms with Crippen molar-refractivity contribution < 1.29 is 4.79 Å². The van der Waals surface area contributed by atoms with Crippen molar-refractivity contribution in [3.63, 3.8) is 0 Å². The lowest BCUT2D eigenvalue weighted by molar-refractivity contribution is -0.132. The van der Waals surface area contributed by atoms with Gasteiger partial charge < -0.3 is 4.90 Å². The van der Waals surface area contributed by atoms with Gasteiger partial charge in [-0.2, -0.15) is 0 Å². The summed E-state index contributed by atoms with van der Waals surface area (Å²) in [4.78, 5) is 13.7. The maximum atomic E-state index is 11.8. The number of carbonyl (C=O) groups is 1. The molecule has 0 rings (SSSR count). The van der Waals surface area contributed by atoms with Crippen LogP contribution in [-0.4, -0.2) is 28.7 Å². The molecular weight excluding hydrogens is 242 g/mol. The summed E-state index contributed by atoms with van der Waals surface area (Å²) in [7, 11) is 0. The molecule has 0 atom stereocenters. The molecule has 84 valence electrons. The van der Waals surface area contributed by atoms with Crippen LogP contribution >= 0.6 is 15.9 Å². The van der Waals surface area contributed by atoms with E-state index in [1.54, 1.807) is 0 Å². The van der Waals surface area contributed by atoms with Crippen molar-refractivity contribution in [3.05, 3.63) is 0 Å². The van der Waals surface area contributed by atoms with Crippen LogP contribution in [0, 0.1) is 0 Å². The van der Waals surface area contributed by atoms with E-state index in [9.17, 15) is 4.79 Å². The third-order valence-corrected chi connectivity index (χ3v) is 2.62. The molecule has 0 spiro atoms. The van der Waals surface area contributed by atoms with E-state index in [1.807, 2.05) is 4.90 Å². The summed E-state index contributed by atoms with van der Waals surface area (Å²) in [5.74, 6) is 0.299. The van der Waals surface area contributed by atoms with Gasteiger partial charge in [0, 0.05) is 24.3 Å². The van der Waals surface area contributed by atoms with Crippen LogP contribution in [0.15, 0.2) is 0 Å². The van der Waals surface area contributed by atoms with Gasteiger partial charge in [-0.15, -0.1) is 0 Å². The number of unbranched alkanes of at least 4 members (excludes halogenated alkanes) is 2. The smallest absolute Gasteiger partial charge is 0.222 e. The highest BCUT2D eigenvalue weighted by Crippen LogP contribution is 2.07. The average Bonchev–Trinajstić information content (AvgIpc) is 2.13. The number of rotatable bonds is 7. The van der Waals surface area contributed by atoms with Crippen molar-refractivity contribution in [2.24, 2.45) is 0 Å². The van der Waals surface area contributed by atoms with Gasteiger partial charge in [-0.25, -0.2) is 0 Å². The number of carbonyl (C=O) groups excluding carboxylic acids is 1. The van der Waals surface area contributed by atoms with E-state index in [-0.39, 0.29) is 0 Å². The molecule has 2 nitrogen and oxygen atoms in total. The first-order chi connectivity index (χ1) is 6.63. The first-order valence-electron chi connectivity index (χ1n) is 5.48. The second kappa shape index (κ2) is 8.27. The van der Waals surface area contributed by atoms with Crippen molar-refractivity contribution in [1.29, 1.82) is 0 Å². The lowest BCUT2D eigenvalue weighted by Gasteiger charge is -2.26. The molecular formula is C11H22BrNO. The Morgan fingerprint density at radius 1 is 1.36 bits per heavy atom. The molecule has 0 radical (unpaired) electrons. The van der Waals surface area contributed by atoms with Crippen LogP contribution < -0.4 is 0 Å². The van der Waals surface area contributed by atoms with Crippen molar-refractivity contribution in [1.82, 2.24) is 4.90 Å². The van der Waals surface area contributed by atoms with Crippen LogP contribution in [0.25, 0.3) is 0 Å². The molecule has 0 heterocycles. The summed E-state index contributed by atoms with van der Waals surface area (Å²) in [6.45, 7) is 7.12. The molecule has 0 aromatic carbocycles. The highest BCUT2D eigenvalue weighted by Gasteiger charge is 2.14. The number of alkyl halides is 1. The van der Waals surface area contributed by atoms with Gasteiger partial charge in [0.05, 0.1) is 0 Å². The maximum absolute atomic E-state index is 11.8. The third-order valence-electron chi connectivity index (χ3n) is 2.26. The molecule has 0 aromatic heterocycles. The molecule has 0 bridgehead atoms. The lowest BCUT2D eigenvalue weighted by atomic mass is 10.2. The zero-order valence-corrected chi connectivity index (χ0v) is 11.1. The summed E-state index contributed by atoms with van der Waals surface area (Å²) in [6, 6.07) is 0.321. The van der Waals surface area contributed by atoms with E-state index in [4.69, 9.17) is 0 Å². The molecule has 0 saturated heterocycles. The molecule has 0 N–H and O–H groups in total. The first kappa shape index (κ1) is 13.9. The maximum Gasteiger partial charge on any atom is 0.222 e. The predicted molar refractivity (Wildman–Crippen MR) is 64.8 cm³/mol. The highest BCUT2D eigenvalue weighted by molar-refractivity contribution is 9.09. The number of amides is 1. The Morgan fingerprint density at radius 3 is 2.43 bits per heavy atom. The van der Waals surface area contributed by atoms with E-state index < -0.39 is 0 Å². The minimum atomic E-state index is 0.299. The van der Waals surface area contributed by atoms with Crippen LogP contribution in [0.1, 0.15) is 46.5 Å². The SMILES string of the molecule is CCCCCC(=O)N(CCBr)C(C)C. The largest absolute Gasteiger partial charge is 0.339 e. The van der Waals surface area contributed by atoms with E-state index in [0.717, 1.165) is 24.7 Å². The fraction of sp³-hybridized carbons (Fsp3) is 0.909. The van der Waals surface area contributed by atoms with E-state index in [1.165, 1.54) is 6.42 Å². The molecule has 0 fully saturated rings. The molecule has 1 amide bonds. The molecule has 3 heteroatoms. The van der Waals surface area contributed by atoms with Gasteiger partial charge in [-0.05, 0) is 20.3 Å². The number of hydrogen-bond donors (Lipinski definition) is 0. The molecule has 0 aliphatic rings. The third kappa shape index (κ3) is 5.63. The standard InChI is InChI=1S/C11H22BrNO/c1-4-5-6-7-11(14)13(9-8-12)10(2)3/h10H,4-9H2,1-3H3. The monoisotopic (exact) mass is 263 g/mol. The molecule has 0 aliphatic heterocycles. The Balaban J connectivity index is 3.89. The zero-order chi connectivity index (χ0) is 11.0. The molecule has 0 saturated carbocycles. The van der Waals surface area contributed by atoms with Gasteiger partial charge in [0.15, 0.2) is 0 Å². The quantitative estimate of drug-likeness (QED) is 0.511. The van der Waals surface area contributed by atoms with Crippen molar-refractivity contribution in [2.45, 2.75) is 52.5 Å². The fourth-order valence-corrected chi connectivity index (χ4v) is 1.81. The molecule has 0 aromatic rings. The second-order valence-corrected chi connectivity index (χ2v) is 4.62. The number of nitrogens with zero attached hydrogens (tertiary/aromatic N) is 1. The summed E-state index contributed by atoms with van der Waals surface area (Å²) >= 11 is 3.37. The van der Waals surface area contributed by atoms with Crippen LogP contribution in [0.3, 0.4) is 0 Å². The number of hydrogen-bond acceptors (Lipinski definition) is 1. The van der Waals surface area contributed by atoms with Gasteiger partial charge in [0.25, 0.3) is 0 Å². The minimum Gasteiger partial charge on any atom is -0.339 e. The molecule has 14 heavy (non-hydrogen) atoms. The van der Waals surface area contributed by atoms with Gasteiger partial charge in [0.2, 0.25) is 5.91 Å². The fourth-order valence-electron chi connectivity index (χ4n) is 1.43. The summed E-state index contributed by atoms with van der Waals surface area (Å²) in [6.07, 6.45) is 4.07. The Morgan fingerprint density at radius 2 is 2.00 bits per heavy atom. The van der Waals surface area contributed by atoms with Crippen LogP contribution in [0.4, 0.5) is 0 Å². The van der Waals surface area contributed by atoms with Gasteiger partial charge in [-0.3, -0.25) is 4.79 Å². The van der Waals surface area contributed by atoms with Crippen LogP contribution in [-0.2, 0) is 4.79 Å². The highest BCUT2D eigenvalue weighted by atomic mass is 79.9. The van der Waals surface area contributed by atoms with E-state index in [2.05, 4.69) is 36.7 Å². The molecule has 0 unspecified atom stereocenters. The predicted octanol–water partition coefficient (Wildman–Crippen LogP) is 3.20. The van der Waals surface area contributed by atoms with Gasteiger partial charge in [0.1, 0.15) is 0 Å². The van der Waals surface area contributed by atoms with E-state index in [0.29, 0.717) is 18.4 Å². The zero-order valence-electron chi connectivity index (χ0n) is 9.55. The Bertz CT molecular complexity index is 159. The van der Waals surface area contributed by atoms with Gasteiger partial charge in [-0.1, -0.05) is 35.7 Å².